The highest BCUT2D eigenvalue weighted by Gasteiger charge is 2.21. The molecule has 0 bridgehead atoms. The summed E-state index contributed by atoms with van der Waals surface area (Å²) in [5, 5.41) is 3.54. The fourth-order valence-electron chi connectivity index (χ4n) is 4.42. The summed E-state index contributed by atoms with van der Waals surface area (Å²) >= 11 is 0. The van der Waals surface area contributed by atoms with Gasteiger partial charge in [-0.05, 0) is 27.8 Å². The molecule has 172 valence electrons. The quantitative estimate of drug-likeness (QED) is 0.288. The van der Waals surface area contributed by atoms with E-state index in [2.05, 4.69) is 115 Å². The molecule has 5 aromatic carbocycles. The Hall–Kier alpha value is -4.76. The van der Waals surface area contributed by atoms with Crippen LogP contribution in [0.1, 0.15) is 22.9 Å². The van der Waals surface area contributed by atoms with E-state index < -0.39 is 0 Å². The second-order valence-corrected chi connectivity index (χ2v) is 8.76. The third kappa shape index (κ3) is 4.59. The molecule has 1 aliphatic heterocycles. The van der Waals surface area contributed by atoms with E-state index in [-0.39, 0.29) is 6.17 Å². The van der Waals surface area contributed by atoms with Crippen molar-refractivity contribution in [2.75, 3.05) is 0 Å². The highest BCUT2D eigenvalue weighted by atomic mass is 15.2. The molecule has 1 atom stereocenters. The summed E-state index contributed by atoms with van der Waals surface area (Å²) in [5.41, 5.74) is 7.89. The first-order valence-corrected chi connectivity index (χ1v) is 12.1. The molecule has 1 aliphatic rings. The van der Waals surface area contributed by atoms with Crippen LogP contribution in [0.3, 0.4) is 0 Å². The van der Waals surface area contributed by atoms with Gasteiger partial charge in [-0.25, -0.2) is 9.98 Å². The van der Waals surface area contributed by atoms with Gasteiger partial charge >= 0.3 is 0 Å². The minimum atomic E-state index is -0.230. The lowest BCUT2D eigenvalue weighted by molar-refractivity contribution is 0.674. The van der Waals surface area contributed by atoms with Gasteiger partial charge < -0.3 is 5.32 Å². The fraction of sp³-hybridized carbons (Fsp3) is 0.0303. The summed E-state index contributed by atoms with van der Waals surface area (Å²) in [7, 11) is 0. The van der Waals surface area contributed by atoms with Gasteiger partial charge in [0, 0.05) is 11.1 Å². The van der Waals surface area contributed by atoms with Gasteiger partial charge in [0.15, 0.2) is 5.84 Å². The van der Waals surface area contributed by atoms with Crippen LogP contribution in [0, 0.1) is 0 Å². The average molecular weight is 464 g/mol. The fourth-order valence-corrected chi connectivity index (χ4v) is 4.42. The van der Waals surface area contributed by atoms with E-state index in [1.807, 2.05) is 30.3 Å². The molecular weight excluding hydrogens is 438 g/mol. The Balaban J connectivity index is 1.35. The highest BCUT2D eigenvalue weighted by molar-refractivity contribution is 6.13. The minimum absolute atomic E-state index is 0.230. The summed E-state index contributed by atoms with van der Waals surface area (Å²) in [6, 6.07) is 48.1. The maximum Gasteiger partial charge on any atom is 0.159 e. The molecule has 0 saturated carbocycles. The van der Waals surface area contributed by atoms with Gasteiger partial charge in [-0.3, -0.25) is 0 Å². The Morgan fingerprint density at radius 2 is 0.833 bits per heavy atom. The number of amidine groups is 2. The van der Waals surface area contributed by atoms with Crippen molar-refractivity contribution in [3.63, 3.8) is 0 Å². The molecule has 0 amide bonds. The maximum atomic E-state index is 5.02. The summed E-state index contributed by atoms with van der Waals surface area (Å²) in [6.07, 6.45) is -0.230. The molecule has 3 heteroatoms. The Morgan fingerprint density at radius 3 is 1.36 bits per heavy atom. The van der Waals surface area contributed by atoms with E-state index in [1.54, 1.807) is 0 Å². The Kier molecular flexibility index (Phi) is 5.95. The van der Waals surface area contributed by atoms with E-state index in [4.69, 9.17) is 9.98 Å². The number of rotatable bonds is 5. The van der Waals surface area contributed by atoms with Crippen molar-refractivity contribution in [1.82, 2.24) is 5.32 Å². The van der Waals surface area contributed by atoms with Crippen LogP contribution in [-0.2, 0) is 0 Å². The Bertz CT molecular complexity index is 1500. The predicted octanol–water partition coefficient (Wildman–Crippen LogP) is 7.52. The molecular formula is C33H25N3. The van der Waals surface area contributed by atoms with E-state index in [0.717, 1.165) is 28.4 Å². The van der Waals surface area contributed by atoms with E-state index in [1.165, 1.54) is 22.3 Å². The molecule has 0 radical (unpaired) electrons. The van der Waals surface area contributed by atoms with Crippen molar-refractivity contribution < 1.29 is 0 Å². The average Bonchev–Trinajstić information content (AvgIpc) is 2.98. The topological polar surface area (TPSA) is 36.8 Å². The molecule has 3 nitrogen and oxygen atoms in total. The van der Waals surface area contributed by atoms with Crippen molar-refractivity contribution in [2.24, 2.45) is 9.98 Å². The van der Waals surface area contributed by atoms with Crippen LogP contribution in [0.5, 0.6) is 0 Å². The maximum absolute atomic E-state index is 5.02. The SMILES string of the molecule is c1ccc(C2=NC(c3ccc(-c4ccccc4)cc3)=NC(c3ccc(-c4ccccc4)cc3)N2)cc1. The van der Waals surface area contributed by atoms with Crippen LogP contribution in [0.4, 0.5) is 0 Å². The molecule has 0 fully saturated rings. The predicted molar refractivity (Wildman–Crippen MR) is 149 cm³/mol. The highest BCUT2D eigenvalue weighted by Crippen LogP contribution is 2.26. The van der Waals surface area contributed by atoms with Crippen LogP contribution in [0.25, 0.3) is 22.3 Å². The third-order valence-corrected chi connectivity index (χ3v) is 6.37. The molecule has 1 heterocycles. The smallest absolute Gasteiger partial charge is 0.159 e. The lowest BCUT2D eigenvalue weighted by Crippen LogP contribution is -2.33. The molecule has 0 spiro atoms. The molecule has 36 heavy (non-hydrogen) atoms. The van der Waals surface area contributed by atoms with Crippen molar-refractivity contribution >= 4 is 11.7 Å². The lowest BCUT2D eigenvalue weighted by Gasteiger charge is -2.24. The van der Waals surface area contributed by atoms with Gasteiger partial charge in [0.25, 0.3) is 0 Å². The van der Waals surface area contributed by atoms with Crippen LogP contribution in [-0.4, -0.2) is 11.7 Å². The zero-order valence-corrected chi connectivity index (χ0v) is 19.8. The number of nitrogens with one attached hydrogen (secondary N) is 1. The Labute approximate surface area is 211 Å². The lowest BCUT2D eigenvalue weighted by atomic mass is 10.0. The molecule has 0 saturated heterocycles. The first-order valence-electron chi connectivity index (χ1n) is 12.1. The van der Waals surface area contributed by atoms with Crippen LogP contribution in [0.2, 0.25) is 0 Å². The largest absolute Gasteiger partial charge is 0.344 e. The van der Waals surface area contributed by atoms with Gasteiger partial charge in [-0.15, -0.1) is 0 Å². The van der Waals surface area contributed by atoms with Crippen LogP contribution in [0.15, 0.2) is 150 Å². The first kappa shape index (κ1) is 21.8. The summed E-state index contributed by atoms with van der Waals surface area (Å²) in [6.45, 7) is 0. The second kappa shape index (κ2) is 9.85. The molecule has 0 aliphatic carbocycles. The molecule has 6 rings (SSSR count). The molecule has 0 aromatic heterocycles. The molecule has 1 unspecified atom stereocenters. The minimum Gasteiger partial charge on any atom is -0.344 e. The van der Waals surface area contributed by atoms with Crippen LogP contribution < -0.4 is 5.32 Å². The summed E-state index contributed by atoms with van der Waals surface area (Å²) in [5.74, 6) is 1.55. The van der Waals surface area contributed by atoms with Crippen molar-refractivity contribution in [3.05, 3.63) is 156 Å². The van der Waals surface area contributed by atoms with E-state index in [0.29, 0.717) is 0 Å². The van der Waals surface area contributed by atoms with Crippen molar-refractivity contribution in [1.29, 1.82) is 0 Å². The number of hydrogen-bond donors (Lipinski definition) is 1. The summed E-state index contributed by atoms with van der Waals surface area (Å²) in [4.78, 5) is 9.94. The third-order valence-electron chi connectivity index (χ3n) is 6.37. The van der Waals surface area contributed by atoms with E-state index in [9.17, 15) is 0 Å². The second-order valence-electron chi connectivity index (χ2n) is 8.76. The first-order chi connectivity index (χ1) is 17.8. The van der Waals surface area contributed by atoms with Gasteiger partial charge in [0.2, 0.25) is 0 Å². The molecule has 1 N–H and O–H groups in total. The van der Waals surface area contributed by atoms with Gasteiger partial charge in [0.05, 0.1) is 0 Å². The number of nitrogens with zero attached hydrogens (tertiary/aromatic N) is 2. The van der Waals surface area contributed by atoms with Crippen molar-refractivity contribution in [2.45, 2.75) is 6.17 Å². The number of hydrogen-bond acceptors (Lipinski definition) is 3. The molecule has 5 aromatic rings. The normalized spacial score (nSPS) is 14.9. The van der Waals surface area contributed by atoms with Gasteiger partial charge in [-0.2, -0.15) is 0 Å². The zero-order chi connectivity index (χ0) is 24.2. The van der Waals surface area contributed by atoms with E-state index >= 15 is 0 Å². The number of benzene rings is 5. The van der Waals surface area contributed by atoms with Crippen LogP contribution >= 0.6 is 0 Å². The van der Waals surface area contributed by atoms with Crippen molar-refractivity contribution in [3.8, 4) is 22.3 Å². The monoisotopic (exact) mass is 463 g/mol. The van der Waals surface area contributed by atoms with Gasteiger partial charge in [0.1, 0.15) is 12.0 Å². The summed E-state index contributed by atoms with van der Waals surface area (Å²) < 4.78 is 0. The zero-order valence-electron chi connectivity index (χ0n) is 19.8. The standard InChI is InChI=1S/C33H25N3/c1-4-10-24(11-5-1)26-16-20-29(21-17-26)32-34-31(28-14-8-3-9-15-28)35-33(36-32)30-22-18-27(19-23-30)25-12-6-2-7-13-25/h1-23,32H,(H,34,35,36). The van der Waals surface area contributed by atoms with Gasteiger partial charge in [-0.1, -0.05) is 140 Å². The number of aliphatic imine (C=N–C) groups is 2. The Morgan fingerprint density at radius 1 is 0.417 bits per heavy atom.